The molecule has 1 aromatic rings. The highest BCUT2D eigenvalue weighted by Gasteiger charge is 2.43. The molecule has 0 bridgehead atoms. The highest BCUT2D eigenvalue weighted by molar-refractivity contribution is 5.68. The number of carboxylic acids is 1. The maximum atomic E-state index is 12.6. The SMILES string of the molecule is O=C([O-])Cc1ccc(N2CC(F)(F)C2)cc1. The summed E-state index contributed by atoms with van der Waals surface area (Å²) in [5.41, 5.74) is 1.30. The van der Waals surface area contributed by atoms with E-state index in [0.717, 1.165) is 0 Å². The topological polar surface area (TPSA) is 43.4 Å². The number of nitrogens with zero attached hydrogens (tertiary/aromatic N) is 1. The van der Waals surface area contributed by atoms with Crippen LogP contribution < -0.4 is 10.0 Å². The highest BCUT2D eigenvalue weighted by Crippen LogP contribution is 2.31. The predicted molar refractivity (Wildman–Crippen MR) is 52.3 cm³/mol. The van der Waals surface area contributed by atoms with Gasteiger partial charge in [-0.3, -0.25) is 0 Å². The van der Waals surface area contributed by atoms with Crippen LogP contribution in [0.15, 0.2) is 24.3 Å². The van der Waals surface area contributed by atoms with Gasteiger partial charge in [0, 0.05) is 18.1 Å². The summed E-state index contributed by atoms with van der Waals surface area (Å²) in [6.07, 6.45) is -0.156. The Bertz CT molecular complexity index is 395. The van der Waals surface area contributed by atoms with Crippen LogP contribution in [-0.2, 0) is 11.2 Å². The van der Waals surface area contributed by atoms with Gasteiger partial charge in [-0.1, -0.05) is 12.1 Å². The van der Waals surface area contributed by atoms with Gasteiger partial charge in [0.25, 0.3) is 5.92 Å². The molecule has 0 aromatic heterocycles. The summed E-state index contributed by atoms with van der Waals surface area (Å²) < 4.78 is 25.2. The van der Waals surface area contributed by atoms with Gasteiger partial charge in [-0.15, -0.1) is 0 Å². The van der Waals surface area contributed by atoms with E-state index in [9.17, 15) is 18.7 Å². The Labute approximate surface area is 91.3 Å². The molecule has 1 saturated heterocycles. The first-order valence-electron chi connectivity index (χ1n) is 4.88. The molecular weight excluding hydrogens is 216 g/mol. The summed E-state index contributed by atoms with van der Waals surface area (Å²) in [5, 5.41) is 10.3. The molecule has 1 aromatic carbocycles. The van der Waals surface area contributed by atoms with Crippen molar-refractivity contribution in [1.29, 1.82) is 0 Å². The zero-order valence-corrected chi connectivity index (χ0v) is 8.45. The molecule has 1 aliphatic rings. The van der Waals surface area contributed by atoms with Crippen LogP contribution >= 0.6 is 0 Å². The Morgan fingerprint density at radius 1 is 1.31 bits per heavy atom. The molecule has 3 nitrogen and oxygen atoms in total. The lowest BCUT2D eigenvalue weighted by molar-refractivity contribution is -0.304. The van der Waals surface area contributed by atoms with Crippen LogP contribution in [0.25, 0.3) is 0 Å². The number of aliphatic carboxylic acids is 1. The second-order valence-corrected chi connectivity index (χ2v) is 3.93. The van der Waals surface area contributed by atoms with Crippen LogP contribution in [0.4, 0.5) is 14.5 Å². The Balaban J connectivity index is 2.01. The van der Waals surface area contributed by atoms with E-state index in [1.807, 2.05) is 0 Å². The molecule has 86 valence electrons. The normalized spacial score (nSPS) is 18.0. The molecular formula is C11H10F2NO2-. The molecule has 0 atom stereocenters. The van der Waals surface area contributed by atoms with Gasteiger partial charge in [0.15, 0.2) is 0 Å². The molecule has 0 spiro atoms. The van der Waals surface area contributed by atoms with Gasteiger partial charge in [0.1, 0.15) is 0 Å². The monoisotopic (exact) mass is 226 g/mol. The van der Waals surface area contributed by atoms with Crippen LogP contribution in [0.1, 0.15) is 5.56 Å². The van der Waals surface area contributed by atoms with Gasteiger partial charge in [0.2, 0.25) is 0 Å². The Morgan fingerprint density at radius 2 is 1.88 bits per heavy atom. The molecule has 1 fully saturated rings. The summed E-state index contributed by atoms with van der Waals surface area (Å²) in [4.78, 5) is 11.9. The van der Waals surface area contributed by atoms with Gasteiger partial charge < -0.3 is 14.8 Å². The molecule has 0 unspecified atom stereocenters. The number of benzene rings is 1. The number of hydrogen-bond donors (Lipinski definition) is 0. The molecule has 0 aliphatic carbocycles. The van der Waals surface area contributed by atoms with Crippen molar-refractivity contribution in [1.82, 2.24) is 0 Å². The van der Waals surface area contributed by atoms with Crippen LogP contribution in [0.2, 0.25) is 0 Å². The fraction of sp³-hybridized carbons (Fsp3) is 0.364. The number of hydrogen-bond acceptors (Lipinski definition) is 3. The zero-order valence-electron chi connectivity index (χ0n) is 8.45. The minimum atomic E-state index is -2.59. The molecule has 0 saturated carbocycles. The average Bonchev–Trinajstić information content (AvgIpc) is 2.14. The largest absolute Gasteiger partial charge is 0.550 e. The second kappa shape index (κ2) is 3.73. The van der Waals surface area contributed by atoms with Crippen molar-refractivity contribution >= 4 is 11.7 Å². The zero-order chi connectivity index (χ0) is 11.8. The maximum Gasteiger partial charge on any atom is 0.282 e. The van der Waals surface area contributed by atoms with Gasteiger partial charge in [-0.2, -0.15) is 0 Å². The summed E-state index contributed by atoms with van der Waals surface area (Å²) >= 11 is 0. The minimum Gasteiger partial charge on any atom is -0.550 e. The van der Waals surface area contributed by atoms with E-state index in [4.69, 9.17) is 0 Å². The molecule has 0 N–H and O–H groups in total. The van der Waals surface area contributed by atoms with E-state index in [-0.39, 0.29) is 19.5 Å². The molecule has 1 aliphatic heterocycles. The number of halogens is 2. The van der Waals surface area contributed by atoms with Crippen molar-refractivity contribution in [2.24, 2.45) is 0 Å². The molecule has 16 heavy (non-hydrogen) atoms. The summed E-state index contributed by atoms with van der Waals surface area (Å²) in [6, 6.07) is 6.52. The van der Waals surface area contributed by atoms with Crippen LogP contribution in [0.5, 0.6) is 0 Å². The number of carbonyl (C=O) groups is 1. The first kappa shape index (κ1) is 10.9. The summed E-state index contributed by atoms with van der Waals surface area (Å²) in [6.45, 7) is -0.542. The van der Waals surface area contributed by atoms with E-state index in [1.165, 1.54) is 0 Å². The fourth-order valence-electron chi connectivity index (χ4n) is 1.69. The Hall–Kier alpha value is -1.65. The molecule has 1 heterocycles. The lowest BCUT2D eigenvalue weighted by Gasteiger charge is -2.40. The van der Waals surface area contributed by atoms with Crippen molar-refractivity contribution in [2.45, 2.75) is 12.3 Å². The number of rotatable bonds is 3. The first-order chi connectivity index (χ1) is 7.46. The molecule has 2 rings (SSSR count). The van der Waals surface area contributed by atoms with E-state index in [0.29, 0.717) is 11.3 Å². The molecule has 0 radical (unpaired) electrons. The standard InChI is InChI=1S/C11H11F2NO2/c12-11(13)6-14(7-11)9-3-1-8(2-4-9)5-10(15)16/h1-4H,5-7H2,(H,15,16)/p-1. The van der Waals surface area contributed by atoms with Crippen molar-refractivity contribution in [3.8, 4) is 0 Å². The van der Waals surface area contributed by atoms with E-state index in [1.54, 1.807) is 29.2 Å². The average molecular weight is 226 g/mol. The van der Waals surface area contributed by atoms with Crippen LogP contribution in [0, 0.1) is 0 Å². The number of alkyl halides is 2. The first-order valence-corrected chi connectivity index (χ1v) is 4.88. The Morgan fingerprint density at radius 3 is 2.31 bits per heavy atom. The highest BCUT2D eigenvalue weighted by atomic mass is 19.3. The molecule has 0 amide bonds. The third kappa shape index (κ3) is 2.29. The predicted octanol–water partition coefficient (Wildman–Crippen LogP) is 0.434. The maximum absolute atomic E-state index is 12.6. The van der Waals surface area contributed by atoms with E-state index >= 15 is 0 Å². The fourth-order valence-corrected chi connectivity index (χ4v) is 1.69. The summed E-state index contributed by atoms with van der Waals surface area (Å²) in [5.74, 6) is -3.74. The van der Waals surface area contributed by atoms with Gasteiger partial charge >= 0.3 is 0 Å². The van der Waals surface area contributed by atoms with Crippen LogP contribution in [0.3, 0.4) is 0 Å². The van der Waals surface area contributed by atoms with E-state index in [2.05, 4.69) is 0 Å². The van der Waals surface area contributed by atoms with E-state index < -0.39 is 11.9 Å². The molecule has 5 heteroatoms. The van der Waals surface area contributed by atoms with Crippen molar-refractivity contribution in [3.05, 3.63) is 29.8 Å². The van der Waals surface area contributed by atoms with Crippen molar-refractivity contribution in [3.63, 3.8) is 0 Å². The van der Waals surface area contributed by atoms with Gasteiger partial charge in [-0.05, 0) is 17.7 Å². The summed E-state index contributed by atoms with van der Waals surface area (Å²) in [7, 11) is 0. The van der Waals surface area contributed by atoms with Crippen molar-refractivity contribution in [2.75, 3.05) is 18.0 Å². The van der Waals surface area contributed by atoms with Crippen LogP contribution in [-0.4, -0.2) is 25.0 Å². The lowest BCUT2D eigenvalue weighted by Crippen LogP contribution is -2.56. The lowest BCUT2D eigenvalue weighted by atomic mass is 10.1. The number of carbonyl (C=O) groups excluding carboxylic acids is 1. The van der Waals surface area contributed by atoms with Crippen molar-refractivity contribution < 1.29 is 18.7 Å². The number of carboxylic acid groups (broad SMARTS) is 1. The minimum absolute atomic E-state index is 0.156. The van der Waals surface area contributed by atoms with Gasteiger partial charge in [0.05, 0.1) is 13.1 Å². The smallest absolute Gasteiger partial charge is 0.282 e. The quantitative estimate of drug-likeness (QED) is 0.750. The third-order valence-corrected chi connectivity index (χ3v) is 2.49. The third-order valence-electron chi connectivity index (χ3n) is 2.49. The number of anilines is 1. The second-order valence-electron chi connectivity index (χ2n) is 3.93. The Kier molecular flexibility index (Phi) is 2.53. The van der Waals surface area contributed by atoms with Gasteiger partial charge in [-0.25, -0.2) is 8.78 Å².